The highest BCUT2D eigenvalue weighted by Gasteiger charge is 2.27. The minimum Gasteiger partial charge on any atom is -0.349 e. The summed E-state index contributed by atoms with van der Waals surface area (Å²) in [5.41, 5.74) is 3.03. The molecule has 0 spiro atoms. The Hall–Kier alpha value is -3.22. The molecule has 3 aromatic rings. The smallest absolute Gasteiger partial charge is 0.244 e. The summed E-state index contributed by atoms with van der Waals surface area (Å²) < 4.78 is 27.2. The number of carbonyl (C=O) groups excluding carboxylic acids is 1. The van der Waals surface area contributed by atoms with Crippen molar-refractivity contribution in [2.45, 2.75) is 42.7 Å². The molecule has 170 valence electrons. The van der Waals surface area contributed by atoms with Crippen LogP contribution in [0.4, 0.5) is 0 Å². The quantitative estimate of drug-likeness (QED) is 0.463. The average molecular weight is 461 g/mol. The van der Waals surface area contributed by atoms with Crippen molar-refractivity contribution in [1.82, 2.24) is 10.0 Å². The zero-order valence-electron chi connectivity index (χ0n) is 18.5. The number of hydrogen-bond acceptors (Lipinski definition) is 3. The van der Waals surface area contributed by atoms with Crippen LogP contribution in [-0.2, 0) is 14.8 Å². The van der Waals surface area contributed by atoms with Gasteiger partial charge >= 0.3 is 0 Å². The highest BCUT2D eigenvalue weighted by atomic mass is 32.2. The Kier molecular flexibility index (Phi) is 7.06. The topological polar surface area (TPSA) is 75.3 Å². The van der Waals surface area contributed by atoms with E-state index in [2.05, 4.69) is 34.3 Å². The van der Waals surface area contributed by atoms with Crippen LogP contribution < -0.4 is 10.0 Å². The maximum Gasteiger partial charge on any atom is 0.244 e. The summed E-state index contributed by atoms with van der Waals surface area (Å²) in [6, 6.07) is 26.7. The van der Waals surface area contributed by atoms with Gasteiger partial charge in [-0.15, -0.1) is 0 Å². The lowest BCUT2D eigenvalue weighted by atomic mass is 9.86. The molecule has 0 aliphatic heterocycles. The van der Waals surface area contributed by atoms with Crippen molar-refractivity contribution in [2.24, 2.45) is 0 Å². The number of benzene rings is 3. The number of amides is 1. The normalized spacial score (nSPS) is 15.0. The highest BCUT2D eigenvalue weighted by molar-refractivity contribution is 7.89. The SMILES string of the molecule is CC(NC(=O)/C=C/c1ccc(S(=O)(=O)NC2CC2)cc1)C(c1ccccc1)c1ccccc1. The van der Waals surface area contributed by atoms with Crippen molar-refractivity contribution < 1.29 is 13.2 Å². The predicted molar refractivity (Wildman–Crippen MR) is 131 cm³/mol. The van der Waals surface area contributed by atoms with Crippen molar-refractivity contribution in [3.05, 3.63) is 108 Å². The first kappa shape index (κ1) is 23.0. The molecule has 33 heavy (non-hydrogen) atoms. The molecule has 1 aliphatic carbocycles. The van der Waals surface area contributed by atoms with Crippen LogP contribution in [0.25, 0.3) is 6.08 Å². The molecule has 1 aliphatic rings. The van der Waals surface area contributed by atoms with E-state index in [1.807, 2.05) is 43.3 Å². The Balaban J connectivity index is 1.42. The second-order valence-electron chi connectivity index (χ2n) is 8.39. The van der Waals surface area contributed by atoms with Gasteiger partial charge in [-0.1, -0.05) is 72.8 Å². The lowest BCUT2D eigenvalue weighted by Crippen LogP contribution is -2.36. The largest absolute Gasteiger partial charge is 0.349 e. The van der Waals surface area contributed by atoms with Gasteiger partial charge in [0.2, 0.25) is 15.9 Å². The summed E-state index contributed by atoms with van der Waals surface area (Å²) in [5, 5.41) is 3.08. The van der Waals surface area contributed by atoms with Gasteiger partial charge in [-0.3, -0.25) is 4.79 Å². The lowest BCUT2D eigenvalue weighted by molar-refractivity contribution is -0.117. The zero-order valence-corrected chi connectivity index (χ0v) is 19.3. The second kappa shape index (κ2) is 10.1. The van der Waals surface area contributed by atoms with Crippen LogP contribution in [0.3, 0.4) is 0 Å². The minimum atomic E-state index is -3.48. The van der Waals surface area contributed by atoms with E-state index in [9.17, 15) is 13.2 Å². The molecule has 6 heteroatoms. The fraction of sp³-hybridized carbons (Fsp3) is 0.222. The van der Waals surface area contributed by atoms with Gasteiger partial charge in [-0.2, -0.15) is 0 Å². The lowest BCUT2D eigenvalue weighted by Gasteiger charge is -2.25. The van der Waals surface area contributed by atoms with E-state index in [1.54, 1.807) is 30.3 Å². The van der Waals surface area contributed by atoms with Gasteiger partial charge in [-0.25, -0.2) is 13.1 Å². The van der Waals surface area contributed by atoms with Crippen molar-refractivity contribution in [1.29, 1.82) is 0 Å². The molecule has 0 aromatic heterocycles. The molecule has 5 nitrogen and oxygen atoms in total. The predicted octanol–water partition coefficient (Wildman–Crippen LogP) is 4.48. The molecule has 1 atom stereocenters. The van der Waals surface area contributed by atoms with Crippen LogP contribution in [0.1, 0.15) is 42.4 Å². The van der Waals surface area contributed by atoms with E-state index in [-0.39, 0.29) is 28.8 Å². The van der Waals surface area contributed by atoms with Crippen molar-refractivity contribution in [3.63, 3.8) is 0 Å². The molecule has 0 radical (unpaired) electrons. The molecule has 0 heterocycles. The Labute approximate surface area is 195 Å². The summed E-state index contributed by atoms with van der Waals surface area (Å²) >= 11 is 0. The van der Waals surface area contributed by atoms with Crippen LogP contribution in [0.15, 0.2) is 95.9 Å². The van der Waals surface area contributed by atoms with Crippen LogP contribution in [-0.4, -0.2) is 26.4 Å². The van der Waals surface area contributed by atoms with Crippen molar-refractivity contribution in [2.75, 3.05) is 0 Å². The van der Waals surface area contributed by atoms with Gasteiger partial charge in [0.05, 0.1) is 4.90 Å². The van der Waals surface area contributed by atoms with Crippen molar-refractivity contribution in [3.8, 4) is 0 Å². The third-order valence-electron chi connectivity index (χ3n) is 5.70. The Morgan fingerprint density at radius 1 is 0.879 bits per heavy atom. The zero-order chi connectivity index (χ0) is 23.3. The van der Waals surface area contributed by atoms with Crippen LogP contribution in [0.5, 0.6) is 0 Å². The standard InChI is InChI=1S/C27H28N2O3S/c1-20(27(22-8-4-2-5-9-22)23-10-6-3-7-11-23)28-26(30)19-14-21-12-17-25(18-13-21)33(31,32)29-24-15-16-24/h2-14,17-20,24,27,29H,15-16H2,1H3,(H,28,30)/b19-14+. The van der Waals surface area contributed by atoms with E-state index in [0.29, 0.717) is 0 Å². The number of rotatable bonds is 9. The molecule has 1 fully saturated rings. The van der Waals surface area contributed by atoms with Gasteiger partial charge in [0.25, 0.3) is 0 Å². The maximum absolute atomic E-state index is 12.6. The number of hydrogen-bond donors (Lipinski definition) is 2. The number of carbonyl (C=O) groups is 1. The summed E-state index contributed by atoms with van der Waals surface area (Å²) in [7, 11) is -3.48. The fourth-order valence-corrected chi connectivity index (χ4v) is 5.17. The summed E-state index contributed by atoms with van der Waals surface area (Å²) in [5.74, 6) is -0.181. The van der Waals surface area contributed by atoms with Gasteiger partial charge in [0.1, 0.15) is 0 Å². The summed E-state index contributed by atoms with van der Waals surface area (Å²) in [4.78, 5) is 12.9. The summed E-state index contributed by atoms with van der Waals surface area (Å²) in [6.45, 7) is 2.00. The second-order valence-corrected chi connectivity index (χ2v) is 10.1. The number of nitrogens with one attached hydrogen (secondary N) is 2. The summed E-state index contributed by atoms with van der Waals surface area (Å²) in [6.07, 6.45) is 4.95. The van der Waals surface area contributed by atoms with Crippen LogP contribution >= 0.6 is 0 Å². The molecule has 1 amide bonds. The van der Waals surface area contributed by atoms with Crippen LogP contribution in [0.2, 0.25) is 0 Å². The van der Waals surface area contributed by atoms with E-state index < -0.39 is 10.0 Å². The molecule has 4 rings (SSSR count). The Morgan fingerprint density at radius 3 is 1.94 bits per heavy atom. The van der Waals surface area contributed by atoms with Gasteiger partial charge in [0.15, 0.2) is 0 Å². The third kappa shape index (κ3) is 6.18. The molecule has 1 unspecified atom stereocenters. The van der Waals surface area contributed by atoms with Gasteiger partial charge in [-0.05, 0) is 54.7 Å². The minimum absolute atomic E-state index is 0.0215. The average Bonchev–Trinajstić information content (AvgIpc) is 3.63. The van der Waals surface area contributed by atoms with E-state index >= 15 is 0 Å². The van der Waals surface area contributed by atoms with Gasteiger partial charge < -0.3 is 5.32 Å². The Bertz CT molecular complexity index is 1160. The molecular formula is C27H28N2O3S. The monoisotopic (exact) mass is 460 g/mol. The molecule has 2 N–H and O–H groups in total. The molecule has 0 saturated heterocycles. The maximum atomic E-state index is 12.6. The first-order chi connectivity index (χ1) is 15.9. The van der Waals surface area contributed by atoms with Crippen molar-refractivity contribution >= 4 is 22.0 Å². The Morgan fingerprint density at radius 2 is 1.42 bits per heavy atom. The number of sulfonamides is 1. The fourth-order valence-electron chi connectivity index (χ4n) is 3.87. The first-order valence-corrected chi connectivity index (χ1v) is 12.6. The van der Waals surface area contributed by atoms with E-state index in [0.717, 1.165) is 29.5 Å². The van der Waals surface area contributed by atoms with E-state index in [4.69, 9.17) is 0 Å². The highest BCUT2D eigenvalue weighted by Crippen LogP contribution is 2.28. The molecule has 1 saturated carbocycles. The first-order valence-electron chi connectivity index (χ1n) is 11.1. The van der Waals surface area contributed by atoms with Gasteiger partial charge in [0, 0.05) is 24.1 Å². The molecular weight excluding hydrogens is 432 g/mol. The molecule has 0 bridgehead atoms. The van der Waals surface area contributed by atoms with Crippen LogP contribution in [0, 0.1) is 0 Å². The third-order valence-corrected chi connectivity index (χ3v) is 7.24. The molecule has 3 aromatic carbocycles. The van der Waals surface area contributed by atoms with E-state index in [1.165, 1.54) is 6.08 Å².